The van der Waals surface area contributed by atoms with E-state index in [1.54, 1.807) is 49.5 Å². The molecule has 0 radical (unpaired) electrons. The maximum absolute atomic E-state index is 13.0. The molecule has 0 bridgehead atoms. The quantitative estimate of drug-likeness (QED) is 0.554. The minimum atomic E-state index is -4.53. The van der Waals surface area contributed by atoms with Crippen LogP contribution in [0.2, 0.25) is 0 Å². The third-order valence-electron chi connectivity index (χ3n) is 3.46. The number of aromatic nitrogens is 2. The first kappa shape index (κ1) is 16.8. The summed E-state index contributed by atoms with van der Waals surface area (Å²) in [5.74, 6) is 0.311. The van der Waals surface area contributed by atoms with Crippen molar-refractivity contribution < 1.29 is 17.6 Å². The zero-order valence-electron chi connectivity index (χ0n) is 13.3. The zero-order chi connectivity index (χ0) is 17.9. The lowest BCUT2D eigenvalue weighted by Gasteiger charge is -2.07. The molecule has 0 saturated heterocycles. The summed E-state index contributed by atoms with van der Waals surface area (Å²) in [6.07, 6.45) is -1.50. The smallest absolute Gasteiger partial charge is 0.435 e. The number of rotatable bonds is 5. The Hall–Kier alpha value is -3.03. The van der Waals surface area contributed by atoms with Gasteiger partial charge in [0.25, 0.3) is 0 Å². The number of benzene rings is 1. The first-order valence-corrected chi connectivity index (χ1v) is 7.50. The van der Waals surface area contributed by atoms with Crippen LogP contribution in [-0.4, -0.2) is 16.0 Å². The van der Waals surface area contributed by atoms with E-state index in [1.807, 2.05) is 0 Å². The van der Waals surface area contributed by atoms with E-state index in [4.69, 9.17) is 4.42 Å². The number of furan rings is 1. The summed E-state index contributed by atoms with van der Waals surface area (Å²) in [5.41, 5.74) is 3.56. The van der Waals surface area contributed by atoms with Gasteiger partial charge in [0, 0.05) is 12.3 Å². The van der Waals surface area contributed by atoms with Crippen molar-refractivity contribution in [2.75, 3.05) is 0 Å². The largest absolute Gasteiger partial charge is 0.463 e. The summed E-state index contributed by atoms with van der Waals surface area (Å²) in [7, 11) is 0. The number of hydrazone groups is 1. The van der Waals surface area contributed by atoms with Crippen LogP contribution in [0.25, 0.3) is 17.1 Å². The lowest BCUT2D eigenvalue weighted by molar-refractivity contribution is -0.141. The Labute approximate surface area is 141 Å². The van der Waals surface area contributed by atoms with Crippen molar-refractivity contribution in [2.45, 2.75) is 19.6 Å². The fourth-order valence-corrected chi connectivity index (χ4v) is 2.30. The topological polar surface area (TPSA) is 55.4 Å². The Kier molecular flexibility index (Phi) is 4.60. The van der Waals surface area contributed by atoms with Crippen molar-refractivity contribution in [3.05, 3.63) is 60.0 Å². The molecule has 0 aliphatic carbocycles. The van der Waals surface area contributed by atoms with Crippen LogP contribution in [0.15, 0.2) is 58.2 Å². The first-order chi connectivity index (χ1) is 12.0. The summed E-state index contributed by atoms with van der Waals surface area (Å²) in [6, 6.07) is 11.2. The standard InChI is InChI=1S/C17H15F3N4O/c1-2-21-22-11-12-5-7-13(8-6-12)24-14(15-4-3-9-25-15)10-16(23-24)17(18,19)20/h2-10,22H,11H2,1H3/b21-2-. The summed E-state index contributed by atoms with van der Waals surface area (Å²) < 4.78 is 45.6. The van der Waals surface area contributed by atoms with E-state index in [2.05, 4.69) is 15.6 Å². The summed E-state index contributed by atoms with van der Waals surface area (Å²) >= 11 is 0. The van der Waals surface area contributed by atoms with E-state index in [0.29, 0.717) is 18.0 Å². The van der Waals surface area contributed by atoms with Gasteiger partial charge < -0.3 is 9.84 Å². The van der Waals surface area contributed by atoms with Crippen LogP contribution in [0, 0.1) is 0 Å². The third-order valence-corrected chi connectivity index (χ3v) is 3.46. The van der Waals surface area contributed by atoms with Gasteiger partial charge in [0.2, 0.25) is 0 Å². The molecule has 2 heterocycles. The molecule has 25 heavy (non-hydrogen) atoms. The van der Waals surface area contributed by atoms with Gasteiger partial charge in [-0.15, -0.1) is 0 Å². The molecule has 3 aromatic rings. The highest BCUT2D eigenvalue weighted by Gasteiger charge is 2.35. The number of nitrogens with one attached hydrogen (secondary N) is 1. The molecule has 8 heteroatoms. The van der Waals surface area contributed by atoms with Crippen molar-refractivity contribution in [3.63, 3.8) is 0 Å². The molecule has 0 atom stereocenters. The second kappa shape index (κ2) is 6.84. The van der Waals surface area contributed by atoms with Crippen LogP contribution < -0.4 is 5.43 Å². The molecule has 0 aliphatic rings. The average Bonchev–Trinajstić information content (AvgIpc) is 3.24. The third kappa shape index (κ3) is 3.73. The molecule has 0 fully saturated rings. The Morgan fingerprint density at radius 3 is 2.60 bits per heavy atom. The van der Waals surface area contributed by atoms with Crippen LogP contribution in [0.5, 0.6) is 0 Å². The summed E-state index contributed by atoms with van der Waals surface area (Å²) in [6.45, 7) is 2.31. The van der Waals surface area contributed by atoms with E-state index in [0.717, 1.165) is 11.6 Å². The molecule has 1 N–H and O–H groups in total. The molecular weight excluding hydrogens is 333 g/mol. The predicted octanol–water partition coefficient (Wildman–Crippen LogP) is 4.25. The van der Waals surface area contributed by atoms with E-state index >= 15 is 0 Å². The van der Waals surface area contributed by atoms with E-state index in [-0.39, 0.29) is 5.69 Å². The van der Waals surface area contributed by atoms with Gasteiger partial charge in [0.15, 0.2) is 11.5 Å². The van der Waals surface area contributed by atoms with Gasteiger partial charge in [-0.05, 0) is 36.8 Å². The Morgan fingerprint density at radius 1 is 1.24 bits per heavy atom. The molecular formula is C17H15F3N4O. The molecule has 0 spiro atoms. The first-order valence-electron chi connectivity index (χ1n) is 7.50. The minimum Gasteiger partial charge on any atom is -0.463 e. The van der Waals surface area contributed by atoms with Crippen LogP contribution in [-0.2, 0) is 12.7 Å². The second-order valence-corrected chi connectivity index (χ2v) is 5.19. The zero-order valence-corrected chi connectivity index (χ0v) is 13.3. The molecule has 3 rings (SSSR count). The van der Waals surface area contributed by atoms with Gasteiger partial charge in [-0.25, -0.2) is 4.68 Å². The molecule has 0 saturated carbocycles. The number of hydrogen-bond acceptors (Lipinski definition) is 4. The average molecular weight is 348 g/mol. The van der Waals surface area contributed by atoms with Crippen molar-refractivity contribution in [3.8, 4) is 17.1 Å². The molecule has 0 amide bonds. The van der Waals surface area contributed by atoms with Crippen LogP contribution in [0.4, 0.5) is 13.2 Å². The monoisotopic (exact) mass is 348 g/mol. The second-order valence-electron chi connectivity index (χ2n) is 5.19. The molecule has 1 aromatic carbocycles. The normalized spacial score (nSPS) is 12.0. The van der Waals surface area contributed by atoms with Gasteiger partial charge in [0.05, 0.1) is 18.5 Å². The number of alkyl halides is 3. The fraction of sp³-hybridized carbons (Fsp3) is 0.176. The molecule has 5 nitrogen and oxygen atoms in total. The molecule has 2 aromatic heterocycles. The Balaban J connectivity index is 1.97. The highest BCUT2D eigenvalue weighted by Crippen LogP contribution is 2.33. The van der Waals surface area contributed by atoms with Crippen molar-refractivity contribution in [2.24, 2.45) is 5.10 Å². The number of halogens is 3. The highest BCUT2D eigenvalue weighted by atomic mass is 19.4. The Morgan fingerprint density at radius 2 is 2.00 bits per heavy atom. The summed E-state index contributed by atoms with van der Waals surface area (Å²) in [5, 5.41) is 7.60. The van der Waals surface area contributed by atoms with Crippen molar-refractivity contribution in [1.29, 1.82) is 0 Å². The Bertz CT molecular complexity index is 849. The van der Waals surface area contributed by atoms with Gasteiger partial charge >= 0.3 is 6.18 Å². The lowest BCUT2D eigenvalue weighted by atomic mass is 10.2. The van der Waals surface area contributed by atoms with Crippen molar-refractivity contribution in [1.82, 2.24) is 15.2 Å². The van der Waals surface area contributed by atoms with Gasteiger partial charge in [-0.3, -0.25) is 0 Å². The minimum absolute atomic E-state index is 0.235. The van der Waals surface area contributed by atoms with Crippen LogP contribution in [0.1, 0.15) is 18.2 Å². The van der Waals surface area contributed by atoms with Crippen LogP contribution in [0.3, 0.4) is 0 Å². The van der Waals surface area contributed by atoms with Crippen molar-refractivity contribution >= 4 is 6.21 Å². The van der Waals surface area contributed by atoms with E-state index in [1.165, 1.54) is 10.9 Å². The SMILES string of the molecule is C/C=N\NCc1ccc(-n2nc(C(F)(F)F)cc2-c2ccco2)cc1. The molecule has 0 aliphatic heterocycles. The maximum atomic E-state index is 13.0. The molecule has 0 unspecified atom stereocenters. The van der Waals surface area contributed by atoms with Gasteiger partial charge in [-0.2, -0.15) is 23.4 Å². The van der Waals surface area contributed by atoms with Crippen LogP contribution >= 0.6 is 0 Å². The van der Waals surface area contributed by atoms with Gasteiger partial charge in [0.1, 0.15) is 5.69 Å². The highest BCUT2D eigenvalue weighted by molar-refractivity contribution is 5.57. The lowest BCUT2D eigenvalue weighted by Crippen LogP contribution is -2.08. The van der Waals surface area contributed by atoms with E-state index in [9.17, 15) is 13.2 Å². The summed E-state index contributed by atoms with van der Waals surface area (Å²) in [4.78, 5) is 0. The predicted molar refractivity (Wildman–Crippen MR) is 87.3 cm³/mol. The number of nitrogens with zero attached hydrogens (tertiary/aromatic N) is 3. The van der Waals surface area contributed by atoms with E-state index < -0.39 is 11.9 Å². The van der Waals surface area contributed by atoms with Gasteiger partial charge in [-0.1, -0.05) is 12.1 Å². The maximum Gasteiger partial charge on any atom is 0.435 e. The molecule has 130 valence electrons. The number of hydrogen-bond donors (Lipinski definition) is 1. The fourth-order valence-electron chi connectivity index (χ4n) is 2.30.